The molecule has 0 aliphatic carbocycles. The normalized spacial score (nSPS) is 11.1. The maximum absolute atomic E-state index is 12.6. The van der Waals surface area contributed by atoms with Crippen molar-refractivity contribution in [3.8, 4) is 0 Å². The molecular formula is C18H22N4O5S2. The molecule has 11 heteroatoms. The number of carbonyl (C=O) groups is 3. The number of carbonyl (C=O) groups excluding carboxylic acids is 3. The number of hydrogen-bond donors (Lipinski definition) is 3. The molecule has 1 aromatic heterocycles. The number of thiophene rings is 1. The quantitative estimate of drug-likeness (QED) is 0.530. The second-order valence-corrected chi connectivity index (χ2v) is 8.67. The van der Waals surface area contributed by atoms with Crippen molar-refractivity contribution in [3.63, 3.8) is 0 Å². The molecule has 29 heavy (non-hydrogen) atoms. The van der Waals surface area contributed by atoms with Crippen LogP contribution >= 0.6 is 11.3 Å². The average molecular weight is 439 g/mol. The third-order valence-corrected chi connectivity index (χ3v) is 6.82. The number of hydrogen-bond acceptors (Lipinski definition) is 6. The van der Waals surface area contributed by atoms with Crippen molar-refractivity contribution in [3.05, 3.63) is 52.2 Å². The summed E-state index contributed by atoms with van der Waals surface area (Å²) in [6.07, 6.45) is 0. The number of hydrazine groups is 1. The predicted octanol–water partition coefficient (Wildman–Crippen LogP) is 0.970. The first-order valence-corrected chi connectivity index (χ1v) is 11.1. The molecule has 1 aromatic carbocycles. The third kappa shape index (κ3) is 5.86. The van der Waals surface area contributed by atoms with Crippen molar-refractivity contribution in [2.24, 2.45) is 0 Å². The van der Waals surface area contributed by atoms with Gasteiger partial charge in [-0.15, -0.1) is 11.3 Å². The van der Waals surface area contributed by atoms with Gasteiger partial charge in [0.1, 0.15) is 0 Å². The van der Waals surface area contributed by atoms with E-state index in [4.69, 9.17) is 0 Å². The van der Waals surface area contributed by atoms with Crippen molar-refractivity contribution in [2.45, 2.75) is 18.7 Å². The molecule has 0 fully saturated rings. The smallest absolute Gasteiger partial charge is 0.269 e. The molecule has 0 spiro atoms. The van der Waals surface area contributed by atoms with E-state index in [1.807, 2.05) is 0 Å². The lowest BCUT2D eigenvalue weighted by molar-refractivity contribution is -0.120. The fraction of sp³-hybridized carbons (Fsp3) is 0.278. The number of rotatable bonds is 8. The standard InChI is InChI=1S/C18H22N4O5S2/c1-3-22(4-2)29(26,27)14-8-5-7-13(11-14)17(24)21-20-16(23)12-19-18(25)15-9-6-10-28-15/h5-11H,3-4,12H2,1-2H3,(H,19,25)(H,20,23)(H,21,24). The highest BCUT2D eigenvalue weighted by Gasteiger charge is 2.22. The predicted molar refractivity (Wildman–Crippen MR) is 109 cm³/mol. The van der Waals surface area contributed by atoms with E-state index >= 15 is 0 Å². The molecule has 0 atom stereocenters. The summed E-state index contributed by atoms with van der Waals surface area (Å²) in [5.74, 6) is -1.70. The molecule has 0 bridgehead atoms. The third-order valence-electron chi connectivity index (χ3n) is 3.91. The van der Waals surface area contributed by atoms with E-state index in [0.717, 1.165) is 0 Å². The lowest BCUT2D eigenvalue weighted by atomic mass is 10.2. The van der Waals surface area contributed by atoms with Gasteiger partial charge in [0, 0.05) is 18.7 Å². The fourth-order valence-corrected chi connectivity index (χ4v) is 4.55. The Kier molecular flexibility index (Phi) is 7.88. The minimum Gasteiger partial charge on any atom is -0.342 e. The first kappa shape index (κ1) is 22.5. The Bertz CT molecular complexity index is 970. The molecule has 3 N–H and O–H groups in total. The van der Waals surface area contributed by atoms with Gasteiger partial charge in [0.05, 0.1) is 16.3 Å². The van der Waals surface area contributed by atoms with E-state index in [0.29, 0.717) is 18.0 Å². The molecule has 9 nitrogen and oxygen atoms in total. The molecule has 1 heterocycles. The van der Waals surface area contributed by atoms with Gasteiger partial charge in [-0.3, -0.25) is 25.2 Å². The van der Waals surface area contributed by atoms with Gasteiger partial charge in [-0.05, 0) is 29.6 Å². The summed E-state index contributed by atoms with van der Waals surface area (Å²) < 4.78 is 26.4. The monoisotopic (exact) mass is 438 g/mol. The number of amides is 3. The number of nitrogens with one attached hydrogen (secondary N) is 3. The van der Waals surface area contributed by atoms with E-state index in [2.05, 4.69) is 16.2 Å². The van der Waals surface area contributed by atoms with E-state index in [1.54, 1.807) is 31.4 Å². The lowest BCUT2D eigenvalue weighted by Crippen LogP contribution is -2.46. The minimum atomic E-state index is -3.71. The summed E-state index contributed by atoms with van der Waals surface area (Å²) in [6.45, 7) is 3.74. The van der Waals surface area contributed by atoms with Gasteiger partial charge in [0.15, 0.2) is 0 Å². The number of benzene rings is 1. The van der Waals surface area contributed by atoms with Gasteiger partial charge in [-0.25, -0.2) is 8.42 Å². The molecule has 0 aliphatic heterocycles. The first-order chi connectivity index (χ1) is 13.8. The van der Waals surface area contributed by atoms with E-state index in [9.17, 15) is 22.8 Å². The van der Waals surface area contributed by atoms with E-state index < -0.39 is 27.7 Å². The van der Waals surface area contributed by atoms with Crippen molar-refractivity contribution < 1.29 is 22.8 Å². The summed E-state index contributed by atoms with van der Waals surface area (Å²) in [5.41, 5.74) is 4.44. The highest BCUT2D eigenvalue weighted by atomic mass is 32.2. The summed E-state index contributed by atoms with van der Waals surface area (Å²) in [6, 6.07) is 8.87. The second-order valence-electron chi connectivity index (χ2n) is 5.78. The van der Waals surface area contributed by atoms with Gasteiger partial charge in [0.25, 0.3) is 17.7 Å². The fourth-order valence-electron chi connectivity index (χ4n) is 2.41. The van der Waals surface area contributed by atoms with Crippen LogP contribution in [0.1, 0.15) is 33.9 Å². The van der Waals surface area contributed by atoms with Crippen LogP contribution in [0.4, 0.5) is 0 Å². The van der Waals surface area contributed by atoms with Gasteiger partial charge < -0.3 is 5.32 Å². The molecule has 156 valence electrons. The Labute approximate surface area is 173 Å². The Hall–Kier alpha value is -2.76. The average Bonchev–Trinajstić information content (AvgIpc) is 3.26. The molecule has 3 amide bonds. The zero-order valence-corrected chi connectivity index (χ0v) is 17.6. The van der Waals surface area contributed by atoms with Crippen LogP contribution in [0.5, 0.6) is 0 Å². The summed E-state index contributed by atoms with van der Waals surface area (Å²) in [5, 5.41) is 4.17. The van der Waals surface area contributed by atoms with Crippen molar-refractivity contribution in [1.82, 2.24) is 20.5 Å². The Morgan fingerprint density at radius 3 is 2.34 bits per heavy atom. The molecule has 0 radical (unpaired) electrons. The van der Waals surface area contributed by atoms with Crippen LogP contribution in [0, 0.1) is 0 Å². The van der Waals surface area contributed by atoms with E-state index in [-0.39, 0.29) is 17.0 Å². The largest absolute Gasteiger partial charge is 0.342 e. The maximum atomic E-state index is 12.6. The zero-order valence-electron chi connectivity index (χ0n) is 16.0. The molecule has 2 rings (SSSR count). The molecular weight excluding hydrogens is 416 g/mol. The van der Waals surface area contributed by atoms with Crippen LogP contribution in [-0.2, 0) is 14.8 Å². The van der Waals surface area contributed by atoms with Gasteiger partial charge in [-0.2, -0.15) is 4.31 Å². The van der Waals surface area contributed by atoms with Crippen LogP contribution in [0.15, 0.2) is 46.7 Å². The lowest BCUT2D eigenvalue weighted by Gasteiger charge is -2.18. The Morgan fingerprint density at radius 2 is 1.72 bits per heavy atom. The molecule has 2 aromatic rings. The SMILES string of the molecule is CCN(CC)S(=O)(=O)c1cccc(C(=O)NNC(=O)CNC(=O)c2cccs2)c1. The van der Waals surface area contributed by atoms with Crippen molar-refractivity contribution >= 4 is 39.1 Å². The second kappa shape index (κ2) is 10.1. The first-order valence-electron chi connectivity index (χ1n) is 8.80. The Morgan fingerprint density at radius 1 is 1.00 bits per heavy atom. The minimum absolute atomic E-state index is 0.0108. The number of nitrogens with zero attached hydrogens (tertiary/aromatic N) is 1. The summed E-state index contributed by atoms with van der Waals surface area (Å²) in [4.78, 5) is 36.3. The highest BCUT2D eigenvalue weighted by Crippen LogP contribution is 2.16. The van der Waals surface area contributed by atoms with Gasteiger partial charge in [-0.1, -0.05) is 26.0 Å². The zero-order chi connectivity index (χ0) is 21.4. The van der Waals surface area contributed by atoms with E-state index in [1.165, 1.54) is 39.9 Å². The molecule has 0 unspecified atom stereocenters. The van der Waals surface area contributed by atoms with Crippen molar-refractivity contribution in [1.29, 1.82) is 0 Å². The van der Waals surface area contributed by atoms with Gasteiger partial charge >= 0.3 is 0 Å². The number of sulfonamides is 1. The maximum Gasteiger partial charge on any atom is 0.269 e. The van der Waals surface area contributed by atoms with Crippen LogP contribution in [0.3, 0.4) is 0 Å². The summed E-state index contributed by atoms with van der Waals surface area (Å²) >= 11 is 1.24. The van der Waals surface area contributed by atoms with Crippen LogP contribution in [0.2, 0.25) is 0 Å². The van der Waals surface area contributed by atoms with Crippen LogP contribution in [0.25, 0.3) is 0 Å². The van der Waals surface area contributed by atoms with Crippen LogP contribution in [-0.4, -0.2) is 50.1 Å². The topological polar surface area (TPSA) is 125 Å². The molecule has 0 aliphatic rings. The highest BCUT2D eigenvalue weighted by molar-refractivity contribution is 7.89. The Balaban J connectivity index is 1.94. The summed E-state index contributed by atoms with van der Waals surface area (Å²) in [7, 11) is -3.71. The van der Waals surface area contributed by atoms with Crippen LogP contribution < -0.4 is 16.2 Å². The molecule has 0 saturated heterocycles. The molecule has 0 saturated carbocycles. The van der Waals surface area contributed by atoms with Crippen molar-refractivity contribution in [2.75, 3.05) is 19.6 Å². The van der Waals surface area contributed by atoms with Gasteiger partial charge in [0.2, 0.25) is 10.0 Å².